The minimum absolute atomic E-state index is 0.853. The van der Waals surface area contributed by atoms with Crippen molar-refractivity contribution in [3.63, 3.8) is 0 Å². The maximum atomic E-state index is 10.0. The number of hydroxylamine groups is 1. The summed E-state index contributed by atoms with van der Waals surface area (Å²) in [7, 11) is 0. The molecule has 7 nitrogen and oxygen atoms in total. The van der Waals surface area contributed by atoms with E-state index in [2.05, 4.69) is 16.4 Å². The van der Waals surface area contributed by atoms with Crippen LogP contribution in [-0.4, -0.2) is 12.1 Å². The van der Waals surface area contributed by atoms with E-state index in [-0.39, 0.29) is 0 Å². The molecule has 9 heavy (non-hydrogen) atoms. The van der Waals surface area contributed by atoms with Crippen molar-refractivity contribution >= 4 is 12.1 Å². The van der Waals surface area contributed by atoms with Gasteiger partial charge in [-0.25, -0.2) is 15.4 Å². The van der Waals surface area contributed by atoms with E-state index in [0.717, 1.165) is 0 Å². The smallest absolute Gasteiger partial charge is 0.333 e. The van der Waals surface area contributed by atoms with Gasteiger partial charge < -0.3 is 10.6 Å². The first-order chi connectivity index (χ1) is 4.16. The van der Waals surface area contributed by atoms with Gasteiger partial charge in [0.1, 0.15) is 0 Å². The largest absolute Gasteiger partial charge is 0.428 e. The maximum absolute atomic E-state index is 10.0. The summed E-state index contributed by atoms with van der Waals surface area (Å²) in [4.78, 5) is 23.6. The van der Waals surface area contributed by atoms with Gasteiger partial charge in [-0.1, -0.05) is 0 Å². The molecular formula is C2H6N4O3. The molecule has 0 aromatic heterocycles. The first-order valence-electron chi connectivity index (χ1n) is 1.89. The molecule has 6 N–H and O–H groups in total. The molecule has 52 valence electrons. The summed E-state index contributed by atoms with van der Waals surface area (Å²) in [6.45, 7) is 0. The van der Waals surface area contributed by atoms with Gasteiger partial charge in [-0.05, 0) is 0 Å². The van der Waals surface area contributed by atoms with E-state index in [9.17, 15) is 9.59 Å². The van der Waals surface area contributed by atoms with Crippen LogP contribution in [0.25, 0.3) is 0 Å². The Morgan fingerprint density at radius 1 is 1.44 bits per heavy atom. The molecule has 0 aliphatic rings. The van der Waals surface area contributed by atoms with E-state index in [4.69, 9.17) is 0 Å². The number of amides is 3. The lowest BCUT2D eigenvalue weighted by Gasteiger charge is -1.99. The van der Waals surface area contributed by atoms with Crippen LogP contribution in [0.3, 0.4) is 0 Å². The Morgan fingerprint density at radius 3 is 2.33 bits per heavy atom. The molecule has 0 radical (unpaired) electrons. The summed E-state index contributed by atoms with van der Waals surface area (Å²) in [6.07, 6.45) is -1.11. The molecule has 0 fully saturated rings. The van der Waals surface area contributed by atoms with Gasteiger partial charge in [0.05, 0.1) is 0 Å². The molecule has 0 heterocycles. The highest BCUT2D eigenvalue weighted by molar-refractivity contribution is 5.74. The molecule has 0 bridgehead atoms. The molecule has 0 saturated carbocycles. The topological polar surface area (TPSA) is 119 Å². The van der Waals surface area contributed by atoms with E-state index >= 15 is 0 Å². The van der Waals surface area contributed by atoms with Gasteiger partial charge in [0.25, 0.3) is 0 Å². The lowest BCUT2D eigenvalue weighted by Crippen LogP contribution is -2.41. The monoisotopic (exact) mass is 134 g/mol. The molecule has 0 spiro atoms. The van der Waals surface area contributed by atoms with Crippen LogP contribution in [-0.2, 0) is 4.84 Å². The summed E-state index contributed by atoms with van der Waals surface area (Å²) < 4.78 is 0. The number of carbonyl (C=O) groups excluding carboxylic acids is 2. The van der Waals surface area contributed by atoms with Crippen LogP contribution in [0, 0.1) is 0 Å². The van der Waals surface area contributed by atoms with Crippen LogP contribution in [0.4, 0.5) is 9.59 Å². The first-order valence-corrected chi connectivity index (χ1v) is 1.89. The fourth-order valence-electron chi connectivity index (χ4n) is 0.126. The van der Waals surface area contributed by atoms with Crippen LogP contribution in [0.1, 0.15) is 0 Å². The quantitative estimate of drug-likeness (QED) is 0.177. The maximum Gasteiger partial charge on any atom is 0.428 e. The van der Waals surface area contributed by atoms with Gasteiger partial charge in [0, 0.05) is 0 Å². The number of hydrogen-bond donors (Lipinski definition) is 4. The van der Waals surface area contributed by atoms with Gasteiger partial charge in [0.2, 0.25) is 0 Å². The second-order valence-corrected chi connectivity index (χ2v) is 0.997. The second-order valence-electron chi connectivity index (χ2n) is 0.997. The van der Waals surface area contributed by atoms with Crippen molar-refractivity contribution < 1.29 is 14.4 Å². The Balaban J connectivity index is 3.28. The summed E-state index contributed by atoms with van der Waals surface area (Å²) in [5.41, 5.74) is 7.67. The number of hydrazine groups is 1. The summed E-state index contributed by atoms with van der Waals surface area (Å²) in [5.74, 6) is 4.56. The predicted octanol–water partition coefficient (Wildman–Crippen LogP) is -1.83. The normalized spacial score (nSPS) is 7.67. The van der Waals surface area contributed by atoms with E-state index < -0.39 is 12.1 Å². The Morgan fingerprint density at radius 2 is 2.00 bits per heavy atom. The highest BCUT2D eigenvalue weighted by Crippen LogP contribution is 1.63. The average Bonchev–Trinajstić information content (AvgIpc) is 1.83. The standard InChI is InChI=1S/C2H6N4O3/c3-1(7)9-6-2(8)5-4/h4H2,(H2,3,7)(H2,5,6,8). The van der Waals surface area contributed by atoms with E-state index in [1.807, 2.05) is 0 Å². The minimum Gasteiger partial charge on any atom is -0.333 e. The third-order valence-electron chi connectivity index (χ3n) is 0.375. The van der Waals surface area contributed by atoms with E-state index in [0.29, 0.717) is 0 Å². The lowest BCUT2D eigenvalue weighted by molar-refractivity contribution is 0.108. The van der Waals surface area contributed by atoms with Crippen molar-refractivity contribution in [3.05, 3.63) is 0 Å². The second kappa shape index (κ2) is 3.50. The highest BCUT2D eigenvalue weighted by Gasteiger charge is 1.96. The molecule has 0 rings (SSSR count). The highest BCUT2D eigenvalue weighted by atomic mass is 16.7. The summed E-state index contributed by atoms with van der Waals surface area (Å²) in [6, 6.07) is -0.853. The van der Waals surface area contributed by atoms with E-state index in [1.165, 1.54) is 0 Å². The van der Waals surface area contributed by atoms with Crippen molar-refractivity contribution in [2.24, 2.45) is 11.6 Å². The molecule has 3 amide bonds. The predicted molar refractivity (Wildman–Crippen MR) is 26.5 cm³/mol. The number of nitrogens with two attached hydrogens (primary N) is 2. The van der Waals surface area contributed by atoms with Gasteiger partial charge in [0.15, 0.2) is 0 Å². The van der Waals surface area contributed by atoms with Crippen molar-refractivity contribution in [1.82, 2.24) is 10.9 Å². The molecular weight excluding hydrogens is 128 g/mol. The number of rotatable bonds is 0. The number of carbonyl (C=O) groups is 2. The number of nitrogens with one attached hydrogen (secondary N) is 2. The Hall–Kier alpha value is -1.50. The molecule has 0 unspecified atom stereocenters. The zero-order valence-corrected chi connectivity index (χ0v) is 4.38. The van der Waals surface area contributed by atoms with Crippen molar-refractivity contribution in [1.29, 1.82) is 0 Å². The number of hydrogen-bond acceptors (Lipinski definition) is 4. The van der Waals surface area contributed by atoms with Gasteiger partial charge >= 0.3 is 12.1 Å². The van der Waals surface area contributed by atoms with Crippen LogP contribution >= 0.6 is 0 Å². The molecule has 0 atom stereocenters. The SMILES string of the molecule is NNC(=O)NOC(N)=O. The van der Waals surface area contributed by atoms with Crippen molar-refractivity contribution in [2.75, 3.05) is 0 Å². The fraction of sp³-hybridized carbons (Fsp3) is 0. The number of urea groups is 1. The lowest BCUT2D eigenvalue weighted by atomic mass is 11.1. The van der Waals surface area contributed by atoms with Crippen LogP contribution in [0.2, 0.25) is 0 Å². The van der Waals surface area contributed by atoms with E-state index in [1.54, 1.807) is 10.9 Å². The number of primary amides is 1. The zero-order chi connectivity index (χ0) is 7.28. The zero-order valence-electron chi connectivity index (χ0n) is 4.38. The van der Waals surface area contributed by atoms with Crippen molar-refractivity contribution in [3.8, 4) is 0 Å². The average molecular weight is 134 g/mol. The molecule has 0 aromatic carbocycles. The molecule has 7 heteroatoms. The Bertz CT molecular complexity index is 123. The van der Waals surface area contributed by atoms with Gasteiger partial charge in [-0.15, -0.1) is 0 Å². The van der Waals surface area contributed by atoms with Crippen LogP contribution < -0.4 is 22.5 Å². The Labute approximate surface area is 50.2 Å². The third-order valence-corrected chi connectivity index (χ3v) is 0.375. The van der Waals surface area contributed by atoms with Crippen LogP contribution in [0.5, 0.6) is 0 Å². The third kappa shape index (κ3) is 4.35. The molecule has 0 aliphatic heterocycles. The summed E-state index contributed by atoms with van der Waals surface area (Å²) >= 11 is 0. The van der Waals surface area contributed by atoms with Crippen molar-refractivity contribution in [2.45, 2.75) is 0 Å². The molecule has 0 aliphatic carbocycles. The summed E-state index contributed by atoms with van der Waals surface area (Å²) in [5, 5.41) is 0. The first kappa shape index (κ1) is 7.50. The minimum atomic E-state index is -1.11. The molecule has 0 aromatic rings. The Kier molecular flexibility index (Phi) is 2.91. The fourth-order valence-corrected chi connectivity index (χ4v) is 0.126. The molecule has 0 saturated heterocycles. The van der Waals surface area contributed by atoms with Crippen LogP contribution in [0.15, 0.2) is 0 Å². The van der Waals surface area contributed by atoms with Gasteiger partial charge in [-0.3, -0.25) is 5.43 Å². The van der Waals surface area contributed by atoms with Gasteiger partial charge in [-0.2, -0.15) is 5.48 Å².